The van der Waals surface area contributed by atoms with Gasteiger partial charge < -0.3 is 21.1 Å². The van der Waals surface area contributed by atoms with Crippen LogP contribution in [0, 0.1) is 11.3 Å². The first-order valence-corrected chi connectivity index (χ1v) is 8.54. The van der Waals surface area contributed by atoms with Gasteiger partial charge in [0.25, 0.3) is 0 Å². The van der Waals surface area contributed by atoms with E-state index in [0.29, 0.717) is 12.8 Å². The SMILES string of the molecule is N#CCC(N)(C(=O)O)C(O)C(O)C/C=C/CCc1ccc(CC(F)(F)F)cc1. The number of carboxylic acids is 1. The molecule has 0 aliphatic rings. The number of nitrogens with two attached hydrogens (primary N) is 1. The fraction of sp³-hybridized carbons (Fsp3) is 0.474. The number of nitrogens with zero attached hydrogens (tertiary/aromatic N) is 1. The number of carboxylic acid groups (broad SMARTS) is 1. The number of aliphatic carboxylic acids is 1. The van der Waals surface area contributed by atoms with Gasteiger partial charge in [-0.05, 0) is 30.4 Å². The first kappa shape index (κ1) is 23.6. The number of alkyl halides is 3. The number of nitriles is 1. The lowest BCUT2D eigenvalue weighted by Gasteiger charge is -2.30. The van der Waals surface area contributed by atoms with Crippen LogP contribution < -0.4 is 5.73 Å². The van der Waals surface area contributed by atoms with Crippen molar-refractivity contribution in [1.82, 2.24) is 0 Å². The van der Waals surface area contributed by atoms with Gasteiger partial charge >= 0.3 is 12.1 Å². The smallest absolute Gasteiger partial charge is 0.393 e. The summed E-state index contributed by atoms with van der Waals surface area (Å²) in [6.07, 6.45) is -4.90. The van der Waals surface area contributed by atoms with E-state index in [1.807, 2.05) is 0 Å². The van der Waals surface area contributed by atoms with Crippen molar-refractivity contribution in [2.75, 3.05) is 0 Å². The minimum absolute atomic E-state index is 0.0661. The van der Waals surface area contributed by atoms with Crippen molar-refractivity contribution < 1.29 is 33.3 Å². The topological polar surface area (TPSA) is 128 Å². The number of carbonyl (C=O) groups is 1. The molecule has 5 N–H and O–H groups in total. The highest BCUT2D eigenvalue weighted by Crippen LogP contribution is 2.22. The number of hydrogen-bond donors (Lipinski definition) is 4. The van der Waals surface area contributed by atoms with E-state index in [9.17, 15) is 28.2 Å². The van der Waals surface area contributed by atoms with Crippen molar-refractivity contribution >= 4 is 5.97 Å². The second-order valence-electron chi connectivity index (χ2n) is 6.55. The van der Waals surface area contributed by atoms with E-state index in [-0.39, 0.29) is 12.0 Å². The Hall–Kier alpha value is -2.41. The van der Waals surface area contributed by atoms with E-state index >= 15 is 0 Å². The number of benzene rings is 1. The van der Waals surface area contributed by atoms with Gasteiger partial charge in [0.05, 0.1) is 25.0 Å². The van der Waals surface area contributed by atoms with Gasteiger partial charge in [-0.3, -0.25) is 4.79 Å². The molecule has 0 radical (unpaired) electrons. The van der Waals surface area contributed by atoms with Crippen molar-refractivity contribution in [3.8, 4) is 6.07 Å². The predicted octanol–water partition coefficient (Wildman–Crippen LogP) is 2.09. The maximum atomic E-state index is 12.3. The molecule has 0 bridgehead atoms. The monoisotopic (exact) mass is 400 g/mol. The lowest BCUT2D eigenvalue weighted by Crippen LogP contribution is -2.61. The molecule has 154 valence electrons. The van der Waals surface area contributed by atoms with Gasteiger partial charge in [0, 0.05) is 0 Å². The van der Waals surface area contributed by atoms with Gasteiger partial charge in [-0.25, -0.2) is 0 Å². The van der Waals surface area contributed by atoms with Crippen LogP contribution in [0.2, 0.25) is 0 Å². The lowest BCUT2D eigenvalue weighted by atomic mass is 9.86. The Morgan fingerprint density at radius 3 is 2.25 bits per heavy atom. The van der Waals surface area contributed by atoms with E-state index < -0.39 is 42.7 Å². The third-order valence-corrected chi connectivity index (χ3v) is 4.23. The maximum Gasteiger partial charge on any atom is 0.393 e. The molecule has 0 aromatic heterocycles. The third-order valence-electron chi connectivity index (χ3n) is 4.23. The lowest BCUT2D eigenvalue weighted by molar-refractivity contribution is -0.151. The molecule has 9 heteroatoms. The van der Waals surface area contributed by atoms with Crippen molar-refractivity contribution in [3.05, 3.63) is 47.5 Å². The fourth-order valence-electron chi connectivity index (χ4n) is 2.57. The molecule has 0 amide bonds. The zero-order valence-corrected chi connectivity index (χ0v) is 15.1. The molecule has 28 heavy (non-hydrogen) atoms. The predicted molar refractivity (Wildman–Crippen MR) is 95.1 cm³/mol. The molecule has 6 nitrogen and oxygen atoms in total. The molecule has 0 saturated carbocycles. The number of halogens is 3. The molecular weight excluding hydrogens is 377 g/mol. The average molecular weight is 400 g/mol. The van der Waals surface area contributed by atoms with Gasteiger partial charge in [-0.15, -0.1) is 0 Å². The van der Waals surface area contributed by atoms with E-state index in [1.165, 1.54) is 12.1 Å². The molecule has 1 aromatic rings. The number of aliphatic hydroxyl groups excluding tert-OH is 2. The highest BCUT2D eigenvalue weighted by atomic mass is 19.4. The molecule has 0 fully saturated rings. The van der Waals surface area contributed by atoms with Crippen molar-refractivity contribution in [1.29, 1.82) is 5.26 Å². The highest BCUT2D eigenvalue weighted by molar-refractivity contribution is 5.80. The summed E-state index contributed by atoms with van der Waals surface area (Å²) in [4.78, 5) is 11.2. The van der Waals surface area contributed by atoms with E-state index in [2.05, 4.69) is 0 Å². The summed E-state index contributed by atoms with van der Waals surface area (Å²) in [6, 6.07) is 7.66. The normalized spacial score (nSPS) is 16.3. The Bertz CT molecular complexity index is 713. The summed E-state index contributed by atoms with van der Waals surface area (Å²) >= 11 is 0. The molecular formula is C19H23F3N2O4. The van der Waals surface area contributed by atoms with Crippen molar-refractivity contribution in [3.63, 3.8) is 0 Å². The Kier molecular flexibility index (Phi) is 8.63. The summed E-state index contributed by atoms with van der Waals surface area (Å²) in [5, 5.41) is 37.6. The van der Waals surface area contributed by atoms with E-state index in [0.717, 1.165) is 5.56 Å². The summed E-state index contributed by atoms with van der Waals surface area (Å²) in [7, 11) is 0. The number of hydrogen-bond acceptors (Lipinski definition) is 5. The second-order valence-corrected chi connectivity index (χ2v) is 6.55. The quantitative estimate of drug-likeness (QED) is 0.445. The molecule has 0 aliphatic heterocycles. The van der Waals surface area contributed by atoms with Crippen LogP contribution in [0.5, 0.6) is 0 Å². The van der Waals surface area contributed by atoms with Crippen LogP contribution >= 0.6 is 0 Å². The van der Waals surface area contributed by atoms with Crippen LogP contribution in [0.25, 0.3) is 0 Å². The Balaban J connectivity index is 2.49. The Morgan fingerprint density at radius 1 is 1.18 bits per heavy atom. The summed E-state index contributed by atoms with van der Waals surface area (Å²) in [5.74, 6) is -1.58. The second kappa shape index (κ2) is 10.2. The molecule has 0 saturated heterocycles. The first-order valence-electron chi connectivity index (χ1n) is 8.54. The zero-order valence-electron chi connectivity index (χ0n) is 15.1. The van der Waals surface area contributed by atoms with Gasteiger partial charge in [-0.2, -0.15) is 18.4 Å². The van der Waals surface area contributed by atoms with Gasteiger partial charge in [-0.1, -0.05) is 36.4 Å². The molecule has 1 aromatic carbocycles. The number of rotatable bonds is 10. The zero-order chi connectivity index (χ0) is 21.4. The molecule has 3 unspecified atom stereocenters. The standard InChI is InChI=1S/C19H23F3N2O4/c20-19(21,22)12-14-8-6-13(7-9-14)4-2-1-3-5-15(25)16(26)18(24,10-11-23)17(27)28/h1,3,6-9,15-16,25-26H,2,4-5,10,12,24H2,(H,27,28)/b3-1+. The van der Waals surface area contributed by atoms with Crippen LogP contribution in [-0.2, 0) is 17.6 Å². The Labute approximate surface area is 160 Å². The fourth-order valence-corrected chi connectivity index (χ4v) is 2.57. The minimum Gasteiger partial charge on any atom is -0.480 e. The van der Waals surface area contributed by atoms with Crippen LogP contribution in [0.15, 0.2) is 36.4 Å². The van der Waals surface area contributed by atoms with Gasteiger partial charge in [0.2, 0.25) is 0 Å². The van der Waals surface area contributed by atoms with Crippen LogP contribution in [0.3, 0.4) is 0 Å². The number of aryl methyl sites for hydroxylation is 1. The van der Waals surface area contributed by atoms with Gasteiger partial charge in [0.1, 0.15) is 6.10 Å². The highest BCUT2D eigenvalue weighted by Gasteiger charge is 2.44. The van der Waals surface area contributed by atoms with Crippen molar-refractivity contribution in [2.24, 2.45) is 5.73 Å². The average Bonchev–Trinajstić information content (AvgIpc) is 2.60. The summed E-state index contributed by atoms with van der Waals surface area (Å²) in [6.45, 7) is 0. The molecule has 1 rings (SSSR count). The molecule has 0 aliphatic carbocycles. The number of allylic oxidation sites excluding steroid dienone is 1. The minimum atomic E-state index is -4.25. The molecule has 3 atom stereocenters. The Morgan fingerprint density at radius 2 is 1.75 bits per heavy atom. The van der Waals surface area contributed by atoms with E-state index in [1.54, 1.807) is 30.4 Å². The van der Waals surface area contributed by atoms with Crippen LogP contribution in [0.4, 0.5) is 13.2 Å². The summed E-state index contributed by atoms with van der Waals surface area (Å²) < 4.78 is 36.9. The third kappa shape index (κ3) is 7.31. The number of aliphatic hydroxyl groups is 2. The van der Waals surface area contributed by atoms with Crippen molar-refractivity contribution in [2.45, 2.75) is 56.0 Å². The van der Waals surface area contributed by atoms with Crippen LogP contribution in [0.1, 0.15) is 30.4 Å². The van der Waals surface area contributed by atoms with E-state index in [4.69, 9.17) is 16.1 Å². The largest absolute Gasteiger partial charge is 0.480 e. The van der Waals surface area contributed by atoms with Gasteiger partial charge in [0.15, 0.2) is 5.54 Å². The molecule has 0 heterocycles. The molecule has 0 spiro atoms. The maximum absolute atomic E-state index is 12.3. The first-order chi connectivity index (χ1) is 13.0. The van der Waals surface area contributed by atoms with Crippen LogP contribution in [-0.4, -0.2) is 45.2 Å². The summed E-state index contributed by atoms with van der Waals surface area (Å²) in [5.41, 5.74) is 4.29.